The van der Waals surface area contributed by atoms with Gasteiger partial charge in [-0.3, -0.25) is 0 Å². The number of hydrogen-bond donors (Lipinski definition) is 0. The molecule has 0 bridgehead atoms. The number of hydrogen-bond acceptors (Lipinski definition) is 2. The van der Waals surface area contributed by atoms with Gasteiger partial charge in [-0.15, -0.1) is 0 Å². The summed E-state index contributed by atoms with van der Waals surface area (Å²) in [6.45, 7) is 0. The Kier molecular flexibility index (Phi) is 5.73. The summed E-state index contributed by atoms with van der Waals surface area (Å²) >= 11 is 0. The molecule has 2 aromatic heterocycles. The SMILES string of the molecule is [2H]c1c(-c2c([2H])c([2H])c3c(oc4c([2H])c([2H])c([2H])c([2H])c43)c2[2H])c([2H])c(-c2c([2H])c([2H])c3c([2H])c([2H])c4c([2H])c([2H])c([2H])c5c([2H])c([2H])c2c3c45)c([2H])c1-c1c([2H])c([2H])c2c([2H])c([2H])c3c([2H])c([2H])c([2H])c4c([2H])c([2H])c1c2c34.[2H]c1c([2H])c2c([2H])c([2H])c3c([2H])c([2H])c(-c4cc(-c5ccc6c(c5)oc5ccccc56)cc(-c5c([2H])c([2H])c6c([2H])c([2H])c7c([2H])c([2H])c([2H])c8c([2H])c([2H])c5c6c78)c4)c4c([2H])c([2H])c(c1[2H])c2c34. The molecule has 0 spiro atoms. The van der Waals surface area contributed by atoms with Crippen LogP contribution in [0.25, 0.3) is 240 Å². The summed E-state index contributed by atoms with van der Waals surface area (Å²) < 4.78 is 434. The van der Waals surface area contributed by atoms with E-state index in [1.54, 1.807) is 18.2 Å². The van der Waals surface area contributed by atoms with E-state index in [1.165, 1.54) is 6.07 Å². The topological polar surface area (TPSA) is 26.3 Å². The smallest absolute Gasteiger partial charge is 0.136 e. The average Bonchev–Trinajstić information content (AvgIpc) is 0.782. The fourth-order valence-electron chi connectivity index (χ4n) is 14.3. The molecule has 0 unspecified atom stereocenters. The Morgan fingerprint density at radius 2 is 0.529 bits per heavy atom. The van der Waals surface area contributed by atoms with E-state index in [0.29, 0.717) is 22.3 Å². The molecule has 24 aromatic rings. The summed E-state index contributed by atoms with van der Waals surface area (Å²) in [5.74, 6) is 0. The maximum absolute atomic E-state index is 10.2. The van der Waals surface area contributed by atoms with Gasteiger partial charge in [0.15, 0.2) is 0 Å². The monoisotopic (exact) mass is 1330 g/mol. The van der Waals surface area contributed by atoms with E-state index in [-0.39, 0.29) is 97.7 Å². The lowest BCUT2D eigenvalue weighted by Crippen LogP contribution is -1.91. The fourth-order valence-corrected chi connectivity index (χ4v) is 14.3. The van der Waals surface area contributed by atoms with Crippen LogP contribution in [0.3, 0.4) is 0 Å². The third-order valence-corrected chi connectivity index (χ3v) is 18.9. The highest BCUT2D eigenvalue weighted by molar-refractivity contribution is 6.30. The van der Waals surface area contributed by atoms with Gasteiger partial charge in [0.05, 0.1) is 63.1 Å². The van der Waals surface area contributed by atoms with Crippen molar-refractivity contribution in [3.63, 3.8) is 0 Å². The van der Waals surface area contributed by atoms with E-state index in [1.807, 2.05) is 36.4 Å². The predicted molar refractivity (Wildman–Crippen MR) is 435 cm³/mol. The minimum Gasteiger partial charge on any atom is -0.456 e. The normalized spacial score (nSPS) is 18.6. The number of rotatable bonds is 6. The first kappa shape index (κ1) is 27.7. The highest BCUT2D eigenvalue weighted by Gasteiger charge is 2.22. The van der Waals surface area contributed by atoms with Crippen molar-refractivity contribution in [1.29, 1.82) is 0 Å². The maximum atomic E-state index is 10.2. The Morgan fingerprint density at radius 1 is 0.176 bits per heavy atom. The lowest BCUT2D eigenvalue weighted by molar-refractivity contribution is 0.668. The highest BCUT2D eigenvalue weighted by Crippen LogP contribution is 2.49. The van der Waals surface area contributed by atoms with Crippen LogP contribution in [-0.4, -0.2) is 0 Å². The van der Waals surface area contributed by atoms with Crippen molar-refractivity contribution in [3.8, 4) is 66.8 Å². The second-order valence-electron chi connectivity index (χ2n) is 24.4. The molecular weight excluding hydrogens is 1230 g/mol. The largest absolute Gasteiger partial charge is 0.456 e. The quantitative estimate of drug-likeness (QED) is 0.155. The molecule has 2 heterocycles. The molecule has 0 saturated carbocycles. The molecule has 2 heteroatoms. The number of furan rings is 2. The van der Waals surface area contributed by atoms with Gasteiger partial charge in [-0.1, -0.05) is 266 Å². The molecule has 0 saturated heterocycles. The molecular formula is C100H56O2. The van der Waals surface area contributed by atoms with Gasteiger partial charge in [0.2, 0.25) is 0 Å². The Hall–Kier alpha value is -13.4. The molecule has 0 amide bonds. The Labute approximate surface area is 649 Å². The van der Waals surface area contributed by atoms with E-state index >= 15 is 0 Å². The van der Waals surface area contributed by atoms with Crippen LogP contribution in [0.2, 0.25) is 0 Å². The van der Waals surface area contributed by atoms with Gasteiger partial charge >= 0.3 is 0 Å². The summed E-state index contributed by atoms with van der Waals surface area (Å²) in [5.41, 5.74) is -4.31. The van der Waals surface area contributed by atoms with Gasteiger partial charge in [-0.25, -0.2) is 0 Å². The second-order valence-corrected chi connectivity index (χ2v) is 24.4. The van der Waals surface area contributed by atoms with Crippen LogP contribution in [0.1, 0.15) is 63.1 Å². The lowest BCUT2D eigenvalue weighted by Gasteiger charge is -2.18. The van der Waals surface area contributed by atoms with Crippen molar-refractivity contribution in [2.45, 2.75) is 0 Å². The minimum absolute atomic E-state index is 0.0272. The number of benzene rings is 22. The Bertz CT molecular complexity index is 10000. The van der Waals surface area contributed by atoms with Crippen LogP contribution < -0.4 is 0 Å². The molecule has 0 atom stereocenters. The van der Waals surface area contributed by atoms with Crippen molar-refractivity contribution < 1.29 is 71.9 Å². The van der Waals surface area contributed by atoms with E-state index in [0.717, 1.165) is 10.8 Å². The first-order valence-electron chi connectivity index (χ1n) is 54.6. The molecule has 102 heavy (non-hydrogen) atoms. The van der Waals surface area contributed by atoms with Gasteiger partial charge in [-0.05, 0) is 269 Å². The second kappa shape index (κ2) is 21.1. The van der Waals surface area contributed by atoms with Crippen molar-refractivity contribution >= 4 is 173 Å². The van der Waals surface area contributed by atoms with Gasteiger partial charge in [0, 0.05) is 21.5 Å². The van der Waals surface area contributed by atoms with Gasteiger partial charge in [0.1, 0.15) is 22.3 Å². The van der Waals surface area contributed by atoms with E-state index < -0.39 is 387 Å². The molecule has 0 N–H and O–H groups in total. The molecule has 0 aliphatic heterocycles. The van der Waals surface area contributed by atoms with Crippen molar-refractivity contribution in [1.82, 2.24) is 0 Å². The first-order chi connectivity index (χ1) is 69.8. The van der Waals surface area contributed by atoms with Gasteiger partial charge in [-0.2, -0.15) is 0 Å². The zero-order chi connectivity index (χ0) is 106. The first-order valence-corrected chi connectivity index (χ1v) is 31.6. The van der Waals surface area contributed by atoms with E-state index in [4.69, 9.17) is 41.7 Å². The molecule has 2 nitrogen and oxygen atoms in total. The maximum Gasteiger partial charge on any atom is 0.136 e. The molecule has 0 aliphatic carbocycles. The summed E-state index contributed by atoms with van der Waals surface area (Å²) in [6.07, 6.45) is 0. The minimum atomic E-state index is -1.09. The fraction of sp³-hybridized carbons (Fsp3) is 0. The molecule has 468 valence electrons. The summed E-state index contributed by atoms with van der Waals surface area (Å²) in [6, 6.07) is -16.1. The van der Waals surface area contributed by atoms with Crippen molar-refractivity contribution in [3.05, 3.63) is 339 Å². The van der Waals surface area contributed by atoms with E-state index in [2.05, 4.69) is 0 Å². The van der Waals surface area contributed by atoms with Gasteiger partial charge in [0.25, 0.3) is 0 Å². The van der Waals surface area contributed by atoms with Crippen LogP contribution >= 0.6 is 0 Å². The number of fused-ring (bicyclic) bond motifs is 6. The summed E-state index contributed by atoms with van der Waals surface area (Å²) in [4.78, 5) is 0. The molecule has 0 fully saturated rings. The van der Waals surface area contributed by atoms with E-state index in [9.17, 15) is 30.2 Å². The third kappa shape index (κ3) is 8.18. The Morgan fingerprint density at radius 3 is 1.00 bits per heavy atom. The molecule has 24 rings (SSSR count). The Balaban J connectivity index is 0.000000164. The zero-order valence-corrected chi connectivity index (χ0v) is 51.6. The molecule has 0 radical (unpaired) electrons. The van der Waals surface area contributed by atoms with Crippen LogP contribution in [0.4, 0.5) is 0 Å². The van der Waals surface area contributed by atoms with Crippen LogP contribution in [0, 0.1) is 0 Å². The molecule has 0 aliphatic rings. The average molecular weight is 1340 g/mol. The lowest BCUT2D eigenvalue weighted by atomic mass is 9.86. The van der Waals surface area contributed by atoms with Crippen LogP contribution in [-0.2, 0) is 0 Å². The third-order valence-electron chi connectivity index (χ3n) is 18.9. The molecule has 22 aromatic carbocycles. The summed E-state index contributed by atoms with van der Waals surface area (Å²) in [7, 11) is 0. The number of para-hydroxylation sites is 2. The standard InChI is InChI=1S/2C50H28O/c2*1-2-10-45-41(9-1)42-22-19-35(28-46(42)51-45)36-25-37(39-20-15-33-13-11-29-5-3-7-31-17-23-43(39)49(33)47(29)31)27-38(26-36)40-21-16-34-14-12-30-6-4-8-32-18-24-44(40)50(34)48(30)32/h2*1-28H/i1D,2D,3D,4D,5D,6D,7D,8D,9D,10D,11D,12D,13D,14D,15D,16D,17D,18D,19D,20D,21D,22D,23D,24D,25D,26D,27D,28D;3D,4D,5D,6D,7D,8D,11D,12D,13D,14D,15D,16D,17D,18D,20D,21D,23D,24D. The summed E-state index contributed by atoms with van der Waals surface area (Å²) in [5, 5.41) is -6.53. The zero-order valence-electron chi connectivity index (χ0n) is 97.6. The van der Waals surface area contributed by atoms with Gasteiger partial charge < -0.3 is 8.83 Å². The van der Waals surface area contributed by atoms with Crippen LogP contribution in [0.15, 0.2) is 347 Å². The highest BCUT2D eigenvalue weighted by atomic mass is 16.3. The van der Waals surface area contributed by atoms with Crippen molar-refractivity contribution in [2.75, 3.05) is 0 Å². The van der Waals surface area contributed by atoms with Crippen LogP contribution in [0.5, 0.6) is 0 Å². The predicted octanol–water partition coefficient (Wildman–Crippen LogP) is 28.8. The van der Waals surface area contributed by atoms with Crippen molar-refractivity contribution in [2.24, 2.45) is 0 Å².